The molecule has 0 unspecified atom stereocenters. The molecule has 4 aromatic rings. The fourth-order valence-corrected chi connectivity index (χ4v) is 4.26. The number of nitrogens with one attached hydrogen (secondary N) is 2. The molecule has 6 nitrogen and oxygen atoms in total. The number of hydrogen-bond donors (Lipinski definition) is 2. The number of rotatable bonds is 7. The largest absolute Gasteiger partial charge is 0.357 e. The Kier molecular flexibility index (Phi) is 4.44. The summed E-state index contributed by atoms with van der Waals surface area (Å²) in [5.74, 6) is 0.821. The normalized spacial score (nSPS) is 13.8. The van der Waals surface area contributed by atoms with Crippen molar-refractivity contribution < 1.29 is 0 Å². The predicted molar refractivity (Wildman–Crippen MR) is 112 cm³/mol. The number of thiazole rings is 1. The van der Waals surface area contributed by atoms with Crippen LogP contribution >= 0.6 is 11.3 Å². The molecule has 1 aliphatic rings. The highest BCUT2D eigenvalue weighted by Gasteiger charge is 2.22. The molecule has 28 heavy (non-hydrogen) atoms. The van der Waals surface area contributed by atoms with E-state index in [0.717, 1.165) is 50.7 Å². The van der Waals surface area contributed by atoms with Gasteiger partial charge in [0.1, 0.15) is 5.69 Å². The van der Waals surface area contributed by atoms with Crippen LogP contribution in [0.3, 0.4) is 0 Å². The van der Waals surface area contributed by atoms with Crippen LogP contribution in [-0.2, 0) is 13.1 Å². The molecule has 0 aliphatic heterocycles. The zero-order chi connectivity index (χ0) is 18.9. The molecule has 0 spiro atoms. The SMILES string of the molecule is Cc1nc(NCc2cn[nH]c2-c2ccccc2)sc1-c1ccn(CC2CC2)n1. The minimum absolute atomic E-state index is 0.670. The van der Waals surface area contributed by atoms with Crippen LogP contribution in [0.1, 0.15) is 24.1 Å². The van der Waals surface area contributed by atoms with Crippen LogP contribution in [0.2, 0.25) is 0 Å². The fraction of sp³-hybridized carbons (Fsp3) is 0.286. The van der Waals surface area contributed by atoms with Crippen molar-refractivity contribution in [1.82, 2.24) is 25.0 Å². The quantitative estimate of drug-likeness (QED) is 0.479. The van der Waals surface area contributed by atoms with Gasteiger partial charge in [0.15, 0.2) is 5.13 Å². The molecule has 3 aromatic heterocycles. The van der Waals surface area contributed by atoms with Gasteiger partial charge in [-0.1, -0.05) is 41.7 Å². The summed E-state index contributed by atoms with van der Waals surface area (Å²) in [4.78, 5) is 5.83. The van der Waals surface area contributed by atoms with Crippen LogP contribution in [-0.4, -0.2) is 25.0 Å². The summed E-state index contributed by atoms with van der Waals surface area (Å²) in [5, 5.41) is 16.4. The van der Waals surface area contributed by atoms with E-state index in [4.69, 9.17) is 10.1 Å². The lowest BCUT2D eigenvalue weighted by molar-refractivity contribution is 0.565. The molecule has 7 heteroatoms. The number of benzene rings is 1. The minimum atomic E-state index is 0.670. The zero-order valence-corrected chi connectivity index (χ0v) is 16.5. The molecule has 0 bridgehead atoms. The second kappa shape index (κ2) is 7.24. The molecular formula is C21H22N6S. The van der Waals surface area contributed by atoms with Crippen LogP contribution in [0.5, 0.6) is 0 Å². The molecule has 3 heterocycles. The zero-order valence-electron chi connectivity index (χ0n) is 15.7. The highest BCUT2D eigenvalue weighted by molar-refractivity contribution is 7.19. The molecule has 0 saturated heterocycles. The number of aromatic nitrogens is 5. The second-order valence-corrected chi connectivity index (χ2v) is 8.29. The summed E-state index contributed by atoms with van der Waals surface area (Å²) in [7, 11) is 0. The Bertz CT molecular complexity index is 1070. The van der Waals surface area contributed by atoms with E-state index in [-0.39, 0.29) is 0 Å². The van der Waals surface area contributed by atoms with Gasteiger partial charge >= 0.3 is 0 Å². The molecule has 1 aromatic carbocycles. The summed E-state index contributed by atoms with van der Waals surface area (Å²) in [6.07, 6.45) is 6.62. The van der Waals surface area contributed by atoms with E-state index in [9.17, 15) is 0 Å². The number of hydrogen-bond acceptors (Lipinski definition) is 5. The maximum atomic E-state index is 4.74. The first-order chi connectivity index (χ1) is 13.8. The topological polar surface area (TPSA) is 71.4 Å². The predicted octanol–water partition coefficient (Wildman–Crippen LogP) is 4.73. The van der Waals surface area contributed by atoms with Crippen LogP contribution < -0.4 is 5.32 Å². The molecule has 1 aliphatic carbocycles. The van der Waals surface area contributed by atoms with Crippen molar-refractivity contribution in [1.29, 1.82) is 0 Å². The van der Waals surface area contributed by atoms with Gasteiger partial charge in [0.05, 0.1) is 22.5 Å². The lowest BCUT2D eigenvalue weighted by Crippen LogP contribution is -1.99. The number of H-pyrrole nitrogens is 1. The van der Waals surface area contributed by atoms with Crippen molar-refractivity contribution >= 4 is 16.5 Å². The molecule has 2 N–H and O–H groups in total. The van der Waals surface area contributed by atoms with E-state index in [1.54, 1.807) is 11.3 Å². The van der Waals surface area contributed by atoms with Gasteiger partial charge in [0.25, 0.3) is 0 Å². The highest BCUT2D eigenvalue weighted by atomic mass is 32.1. The average Bonchev–Trinajstić information content (AvgIpc) is 3.09. The Balaban J connectivity index is 1.30. The van der Waals surface area contributed by atoms with Gasteiger partial charge in [0.2, 0.25) is 0 Å². The third kappa shape index (κ3) is 3.57. The molecule has 1 fully saturated rings. The van der Waals surface area contributed by atoms with Crippen molar-refractivity contribution in [3.8, 4) is 21.8 Å². The van der Waals surface area contributed by atoms with Gasteiger partial charge in [-0.15, -0.1) is 0 Å². The van der Waals surface area contributed by atoms with Gasteiger partial charge in [-0.25, -0.2) is 4.98 Å². The first-order valence-corrected chi connectivity index (χ1v) is 10.4. The molecule has 1 saturated carbocycles. The van der Waals surface area contributed by atoms with Crippen molar-refractivity contribution in [2.45, 2.75) is 32.9 Å². The van der Waals surface area contributed by atoms with Crippen LogP contribution in [0.25, 0.3) is 21.8 Å². The molecule has 0 radical (unpaired) electrons. The smallest absolute Gasteiger partial charge is 0.183 e. The lowest BCUT2D eigenvalue weighted by atomic mass is 10.1. The maximum absolute atomic E-state index is 4.74. The van der Waals surface area contributed by atoms with E-state index in [2.05, 4.69) is 44.6 Å². The van der Waals surface area contributed by atoms with E-state index in [1.807, 2.05) is 31.3 Å². The van der Waals surface area contributed by atoms with Gasteiger partial charge in [-0.3, -0.25) is 9.78 Å². The molecule has 142 valence electrons. The van der Waals surface area contributed by atoms with Crippen molar-refractivity contribution in [2.24, 2.45) is 5.92 Å². The van der Waals surface area contributed by atoms with E-state index in [0.29, 0.717) is 6.54 Å². The number of anilines is 1. The third-order valence-corrected chi connectivity index (χ3v) is 6.16. The standard InChI is InChI=1S/C21H22N6S/c1-14-20(18-9-10-27(26-18)13-15-7-8-15)28-21(24-14)22-11-17-12-23-25-19(17)16-5-3-2-4-6-16/h2-6,9-10,12,15H,7-8,11,13H2,1H3,(H,22,24)(H,23,25). The molecule has 0 amide bonds. The van der Waals surface area contributed by atoms with Crippen LogP contribution in [0, 0.1) is 12.8 Å². The van der Waals surface area contributed by atoms with Crippen LogP contribution in [0.15, 0.2) is 48.8 Å². The van der Waals surface area contributed by atoms with Gasteiger partial charge in [-0.05, 0) is 37.3 Å². The highest BCUT2D eigenvalue weighted by Crippen LogP contribution is 2.34. The maximum Gasteiger partial charge on any atom is 0.183 e. The second-order valence-electron chi connectivity index (χ2n) is 7.29. The van der Waals surface area contributed by atoms with Crippen molar-refractivity contribution in [3.63, 3.8) is 0 Å². The van der Waals surface area contributed by atoms with E-state index < -0.39 is 0 Å². The Hall–Kier alpha value is -2.93. The van der Waals surface area contributed by atoms with E-state index in [1.165, 1.54) is 12.8 Å². The minimum Gasteiger partial charge on any atom is -0.357 e. The Morgan fingerprint density at radius 1 is 1.21 bits per heavy atom. The molecular weight excluding hydrogens is 368 g/mol. The molecule has 5 rings (SSSR count). The number of nitrogens with zero attached hydrogens (tertiary/aromatic N) is 4. The van der Waals surface area contributed by atoms with E-state index >= 15 is 0 Å². The summed E-state index contributed by atoms with van der Waals surface area (Å²) in [5.41, 5.74) is 5.32. The number of aryl methyl sites for hydroxylation is 1. The first-order valence-electron chi connectivity index (χ1n) is 9.59. The summed E-state index contributed by atoms with van der Waals surface area (Å²) >= 11 is 1.66. The fourth-order valence-electron chi connectivity index (χ4n) is 3.33. The number of aromatic amines is 1. The summed E-state index contributed by atoms with van der Waals surface area (Å²) < 4.78 is 2.07. The third-order valence-electron chi connectivity index (χ3n) is 5.02. The monoisotopic (exact) mass is 390 g/mol. The Morgan fingerprint density at radius 2 is 2.07 bits per heavy atom. The van der Waals surface area contributed by atoms with Gasteiger partial charge in [-0.2, -0.15) is 10.2 Å². The van der Waals surface area contributed by atoms with Crippen molar-refractivity contribution in [3.05, 3.63) is 60.0 Å². The molecule has 0 atom stereocenters. The van der Waals surface area contributed by atoms with Crippen LogP contribution in [0.4, 0.5) is 5.13 Å². The lowest BCUT2D eigenvalue weighted by Gasteiger charge is -2.04. The first kappa shape index (κ1) is 17.2. The summed E-state index contributed by atoms with van der Waals surface area (Å²) in [6.45, 7) is 3.75. The van der Waals surface area contributed by atoms with Gasteiger partial charge in [0, 0.05) is 24.8 Å². The average molecular weight is 391 g/mol. The van der Waals surface area contributed by atoms with Crippen molar-refractivity contribution in [2.75, 3.05) is 5.32 Å². The summed E-state index contributed by atoms with van der Waals surface area (Å²) in [6, 6.07) is 12.3. The van der Waals surface area contributed by atoms with Gasteiger partial charge < -0.3 is 5.32 Å². The Labute approximate surface area is 167 Å². The Morgan fingerprint density at radius 3 is 2.89 bits per heavy atom.